The Morgan fingerprint density at radius 3 is 2.41 bits per heavy atom. The first kappa shape index (κ1) is 16.1. The van der Waals surface area contributed by atoms with Crippen LogP contribution in [0.2, 0.25) is 0 Å². The Bertz CT molecular complexity index is 564. The fourth-order valence-electron chi connectivity index (χ4n) is 2.20. The maximum atomic E-state index is 11.8. The highest BCUT2D eigenvalue weighted by molar-refractivity contribution is 5.91. The van der Waals surface area contributed by atoms with Crippen molar-refractivity contribution >= 4 is 11.6 Å². The summed E-state index contributed by atoms with van der Waals surface area (Å²) in [6.07, 6.45) is 4.80. The third-order valence-electron chi connectivity index (χ3n) is 3.42. The number of aryl methyl sites for hydroxylation is 1. The van der Waals surface area contributed by atoms with Crippen molar-refractivity contribution in [2.24, 2.45) is 0 Å². The van der Waals surface area contributed by atoms with Crippen molar-refractivity contribution in [2.75, 3.05) is 11.9 Å². The fraction of sp³-hybridized carbons (Fsp3) is 0.316. The minimum atomic E-state index is -0.150. The second-order valence-electron chi connectivity index (χ2n) is 5.30. The Kier molecular flexibility index (Phi) is 6.49. The average molecular weight is 297 g/mol. The Morgan fingerprint density at radius 1 is 1.00 bits per heavy atom. The number of amides is 1. The topological polar surface area (TPSA) is 38.3 Å². The molecule has 0 aliphatic carbocycles. The molecule has 0 radical (unpaired) electrons. The zero-order valence-corrected chi connectivity index (χ0v) is 13.0. The van der Waals surface area contributed by atoms with Gasteiger partial charge in [0.05, 0.1) is 0 Å². The molecular weight excluding hydrogens is 274 g/mol. The predicted octanol–water partition coefficient (Wildman–Crippen LogP) is 4.44. The highest BCUT2D eigenvalue weighted by Gasteiger charge is 2.03. The van der Waals surface area contributed by atoms with E-state index in [0.29, 0.717) is 5.75 Å². The first-order chi connectivity index (χ1) is 10.8. The number of hydrogen-bond acceptors (Lipinski definition) is 2. The molecule has 3 heteroatoms. The van der Waals surface area contributed by atoms with Crippen molar-refractivity contribution < 1.29 is 9.53 Å². The van der Waals surface area contributed by atoms with Crippen LogP contribution in [0.25, 0.3) is 0 Å². The Morgan fingerprint density at radius 2 is 1.73 bits per heavy atom. The summed E-state index contributed by atoms with van der Waals surface area (Å²) < 4.78 is 5.42. The van der Waals surface area contributed by atoms with E-state index in [1.54, 1.807) is 0 Å². The minimum absolute atomic E-state index is 0.0161. The van der Waals surface area contributed by atoms with Crippen LogP contribution in [0.15, 0.2) is 54.6 Å². The van der Waals surface area contributed by atoms with Gasteiger partial charge < -0.3 is 10.1 Å². The molecule has 0 aromatic heterocycles. The van der Waals surface area contributed by atoms with Crippen LogP contribution in [-0.4, -0.2) is 12.5 Å². The second kappa shape index (κ2) is 8.88. The van der Waals surface area contributed by atoms with Crippen LogP contribution in [-0.2, 0) is 11.2 Å². The van der Waals surface area contributed by atoms with Gasteiger partial charge in [-0.3, -0.25) is 4.79 Å². The standard InChI is InChI=1S/C19H23NO2/c1-2-3-5-8-16-11-13-17(14-12-16)20-19(21)15-22-18-9-6-4-7-10-18/h4,6-7,9-14H,2-3,5,8,15H2,1H3,(H,20,21). The first-order valence-corrected chi connectivity index (χ1v) is 7.84. The molecule has 0 aliphatic heterocycles. The number of unbranched alkanes of at least 4 members (excludes halogenated alkanes) is 2. The van der Waals surface area contributed by atoms with E-state index >= 15 is 0 Å². The highest BCUT2D eigenvalue weighted by atomic mass is 16.5. The molecule has 0 atom stereocenters. The Hall–Kier alpha value is -2.29. The summed E-state index contributed by atoms with van der Waals surface area (Å²) in [4.78, 5) is 11.8. The molecule has 1 amide bonds. The highest BCUT2D eigenvalue weighted by Crippen LogP contribution is 2.13. The molecule has 0 spiro atoms. The van der Waals surface area contributed by atoms with E-state index in [9.17, 15) is 4.79 Å². The Labute approximate surface area is 132 Å². The molecule has 2 aromatic rings. The van der Waals surface area contributed by atoms with Crippen molar-refractivity contribution in [1.29, 1.82) is 0 Å². The number of anilines is 1. The van der Waals surface area contributed by atoms with Gasteiger partial charge in [0, 0.05) is 5.69 Å². The van der Waals surface area contributed by atoms with E-state index in [1.807, 2.05) is 42.5 Å². The van der Waals surface area contributed by atoms with E-state index in [-0.39, 0.29) is 12.5 Å². The quantitative estimate of drug-likeness (QED) is 0.732. The van der Waals surface area contributed by atoms with Crippen molar-refractivity contribution in [3.8, 4) is 5.75 Å². The lowest BCUT2D eigenvalue weighted by molar-refractivity contribution is -0.118. The van der Waals surface area contributed by atoms with Gasteiger partial charge in [-0.25, -0.2) is 0 Å². The lowest BCUT2D eigenvalue weighted by Gasteiger charge is -2.08. The lowest BCUT2D eigenvalue weighted by Crippen LogP contribution is -2.20. The third-order valence-corrected chi connectivity index (χ3v) is 3.42. The minimum Gasteiger partial charge on any atom is -0.484 e. The van der Waals surface area contributed by atoms with Crippen LogP contribution in [0, 0.1) is 0 Å². The zero-order valence-electron chi connectivity index (χ0n) is 13.0. The van der Waals surface area contributed by atoms with E-state index < -0.39 is 0 Å². The molecular formula is C19H23NO2. The SMILES string of the molecule is CCCCCc1ccc(NC(=O)COc2ccccc2)cc1. The first-order valence-electron chi connectivity index (χ1n) is 7.84. The summed E-state index contributed by atoms with van der Waals surface area (Å²) in [5, 5.41) is 2.84. The molecule has 0 bridgehead atoms. The molecule has 22 heavy (non-hydrogen) atoms. The van der Waals surface area contributed by atoms with Crippen molar-refractivity contribution in [2.45, 2.75) is 32.6 Å². The van der Waals surface area contributed by atoms with Gasteiger partial charge in [0.25, 0.3) is 5.91 Å². The monoisotopic (exact) mass is 297 g/mol. The molecule has 0 fully saturated rings. The summed E-state index contributed by atoms with van der Waals surface area (Å²) >= 11 is 0. The van der Waals surface area contributed by atoms with Crippen LogP contribution in [0.4, 0.5) is 5.69 Å². The van der Waals surface area contributed by atoms with Gasteiger partial charge in [0.1, 0.15) is 5.75 Å². The van der Waals surface area contributed by atoms with Gasteiger partial charge in [0.2, 0.25) is 0 Å². The Balaban J connectivity index is 1.76. The lowest BCUT2D eigenvalue weighted by atomic mass is 10.1. The number of carbonyl (C=O) groups excluding carboxylic acids is 1. The maximum absolute atomic E-state index is 11.8. The van der Waals surface area contributed by atoms with Gasteiger partial charge in [-0.05, 0) is 42.7 Å². The molecule has 0 aliphatic rings. The number of hydrogen-bond donors (Lipinski definition) is 1. The van der Waals surface area contributed by atoms with E-state index in [2.05, 4.69) is 24.4 Å². The van der Waals surface area contributed by atoms with Gasteiger partial charge >= 0.3 is 0 Å². The molecule has 0 heterocycles. The number of para-hydroxylation sites is 1. The normalized spacial score (nSPS) is 10.2. The van der Waals surface area contributed by atoms with E-state index in [0.717, 1.165) is 12.1 Å². The van der Waals surface area contributed by atoms with Crippen molar-refractivity contribution in [3.05, 3.63) is 60.2 Å². The van der Waals surface area contributed by atoms with Crippen LogP contribution in [0.3, 0.4) is 0 Å². The number of rotatable bonds is 8. The predicted molar refractivity (Wildman–Crippen MR) is 90.2 cm³/mol. The van der Waals surface area contributed by atoms with E-state index in [1.165, 1.54) is 24.8 Å². The molecule has 2 rings (SSSR count). The van der Waals surface area contributed by atoms with Gasteiger partial charge in [-0.1, -0.05) is 50.1 Å². The largest absolute Gasteiger partial charge is 0.484 e. The summed E-state index contributed by atoms with van der Waals surface area (Å²) in [6, 6.07) is 17.4. The van der Waals surface area contributed by atoms with Crippen LogP contribution in [0.5, 0.6) is 5.75 Å². The maximum Gasteiger partial charge on any atom is 0.262 e. The van der Waals surface area contributed by atoms with Crippen LogP contribution < -0.4 is 10.1 Å². The van der Waals surface area contributed by atoms with Crippen LogP contribution in [0.1, 0.15) is 31.7 Å². The van der Waals surface area contributed by atoms with E-state index in [4.69, 9.17) is 4.74 Å². The molecule has 1 N–H and O–H groups in total. The number of benzene rings is 2. The molecule has 0 saturated heterocycles. The van der Waals surface area contributed by atoms with Gasteiger partial charge in [-0.2, -0.15) is 0 Å². The average Bonchev–Trinajstić information content (AvgIpc) is 2.56. The zero-order chi connectivity index (χ0) is 15.6. The third kappa shape index (κ3) is 5.60. The summed E-state index contributed by atoms with van der Waals surface area (Å²) in [7, 11) is 0. The molecule has 0 saturated carbocycles. The van der Waals surface area contributed by atoms with Gasteiger partial charge in [0.15, 0.2) is 6.61 Å². The molecule has 3 nitrogen and oxygen atoms in total. The number of ether oxygens (including phenoxy) is 1. The summed E-state index contributed by atoms with van der Waals surface area (Å²) in [5.74, 6) is 0.548. The summed E-state index contributed by atoms with van der Waals surface area (Å²) in [5.41, 5.74) is 2.12. The molecule has 2 aromatic carbocycles. The fourth-order valence-corrected chi connectivity index (χ4v) is 2.20. The number of nitrogens with one attached hydrogen (secondary N) is 1. The smallest absolute Gasteiger partial charge is 0.262 e. The van der Waals surface area contributed by atoms with Crippen LogP contribution >= 0.6 is 0 Å². The number of carbonyl (C=O) groups is 1. The second-order valence-corrected chi connectivity index (χ2v) is 5.30. The van der Waals surface area contributed by atoms with Crippen molar-refractivity contribution in [1.82, 2.24) is 0 Å². The summed E-state index contributed by atoms with van der Waals surface area (Å²) in [6.45, 7) is 2.22. The molecule has 0 unspecified atom stereocenters. The van der Waals surface area contributed by atoms with Gasteiger partial charge in [-0.15, -0.1) is 0 Å². The van der Waals surface area contributed by atoms with Crippen molar-refractivity contribution in [3.63, 3.8) is 0 Å². The molecule has 116 valence electrons.